The maximum Gasteiger partial charge on any atom is 0.333 e. The van der Waals surface area contributed by atoms with E-state index in [1.54, 1.807) is 9.13 Å². The van der Waals surface area contributed by atoms with Crippen LogP contribution in [0, 0.1) is 6.92 Å². The predicted molar refractivity (Wildman–Crippen MR) is 87.4 cm³/mol. The Morgan fingerprint density at radius 3 is 2.71 bits per heavy atom. The highest BCUT2D eigenvalue weighted by Gasteiger charge is 2.18. The van der Waals surface area contributed by atoms with Gasteiger partial charge in [-0.2, -0.15) is 0 Å². The van der Waals surface area contributed by atoms with Gasteiger partial charge in [-0.25, -0.2) is 4.79 Å². The topological polar surface area (TPSA) is 30.2 Å². The third kappa shape index (κ3) is 2.02. The smallest absolute Gasteiger partial charge is 0.333 e. The number of benzene rings is 1. The Morgan fingerprint density at radius 2 is 2.00 bits per heavy atom. The molecule has 0 amide bonds. The molecule has 0 aliphatic carbocycles. The Labute approximate surface area is 124 Å². The van der Waals surface area contributed by atoms with Crippen LogP contribution in [0.4, 0.5) is 5.69 Å². The number of imidazole rings is 1. The van der Waals surface area contributed by atoms with Crippen molar-refractivity contribution >= 4 is 11.8 Å². The van der Waals surface area contributed by atoms with Crippen molar-refractivity contribution in [2.24, 2.45) is 7.05 Å². The van der Waals surface area contributed by atoms with Gasteiger partial charge in [0.25, 0.3) is 0 Å². The summed E-state index contributed by atoms with van der Waals surface area (Å²) < 4.78 is 3.50. The van der Waals surface area contributed by atoms with E-state index in [0.717, 1.165) is 30.0 Å². The highest BCUT2D eigenvalue weighted by Crippen LogP contribution is 2.28. The molecule has 0 spiro atoms. The Kier molecular flexibility index (Phi) is 3.24. The molecule has 0 saturated heterocycles. The second-order valence-electron chi connectivity index (χ2n) is 5.63. The number of fused-ring (bicyclic) bond motifs is 1. The predicted octanol–water partition coefficient (Wildman–Crippen LogP) is 2.51. The average Bonchev–Trinajstić information content (AvgIpc) is 2.93. The van der Waals surface area contributed by atoms with Crippen LogP contribution < -0.4 is 10.6 Å². The lowest BCUT2D eigenvalue weighted by Gasteiger charge is -2.12. The molecule has 0 N–H and O–H groups in total. The van der Waals surface area contributed by atoms with Crippen LogP contribution in [0.25, 0.3) is 11.8 Å². The lowest BCUT2D eigenvalue weighted by atomic mass is 10.1. The van der Waals surface area contributed by atoms with Gasteiger partial charge in [0.15, 0.2) is 0 Å². The summed E-state index contributed by atoms with van der Waals surface area (Å²) in [5.74, 6) is 0. The zero-order valence-corrected chi connectivity index (χ0v) is 13.1. The first-order valence-electron chi connectivity index (χ1n) is 7.30. The minimum absolute atomic E-state index is 0.00639. The normalized spacial score (nSPS) is 14.2. The summed E-state index contributed by atoms with van der Waals surface area (Å²) in [5.41, 5.74) is 5.49. The van der Waals surface area contributed by atoms with Crippen molar-refractivity contribution in [3.63, 3.8) is 0 Å². The average molecular weight is 283 g/mol. The van der Waals surface area contributed by atoms with Gasteiger partial charge in [-0.3, -0.25) is 9.13 Å². The van der Waals surface area contributed by atoms with Crippen LogP contribution in [-0.4, -0.2) is 22.7 Å². The van der Waals surface area contributed by atoms with Crippen molar-refractivity contribution in [3.05, 3.63) is 51.7 Å². The standard InChI is InChI=1S/C17H21N3O/c1-5-6-15-12(2)20(17(21)19(15)4)14-7-8-16-13(11-14)9-10-18(16)3/h5-8,11H,9-10H2,1-4H3/b6-5-. The molecule has 0 bridgehead atoms. The van der Waals surface area contributed by atoms with Crippen LogP contribution in [0.15, 0.2) is 29.1 Å². The summed E-state index contributed by atoms with van der Waals surface area (Å²) in [7, 11) is 3.93. The molecule has 110 valence electrons. The molecule has 2 aromatic rings. The second-order valence-corrected chi connectivity index (χ2v) is 5.63. The maximum atomic E-state index is 12.5. The fraction of sp³-hybridized carbons (Fsp3) is 0.353. The third-order valence-corrected chi connectivity index (χ3v) is 4.32. The van der Waals surface area contributed by atoms with Crippen LogP contribution >= 0.6 is 0 Å². The molecule has 0 atom stereocenters. The SMILES string of the molecule is C/C=C\c1c(C)n(-c2ccc3c(c2)CCN3C)c(=O)n1C. The number of anilines is 1. The number of hydrogen-bond acceptors (Lipinski definition) is 2. The summed E-state index contributed by atoms with van der Waals surface area (Å²) in [5, 5.41) is 0. The molecule has 2 heterocycles. The summed E-state index contributed by atoms with van der Waals surface area (Å²) in [6.45, 7) is 5.01. The molecule has 0 fully saturated rings. The van der Waals surface area contributed by atoms with Gasteiger partial charge < -0.3 is 4.90 Å². The Morgan fingerprint density at radius 1 is 1.24 bits per heavy atom. The number of hydrogen-bond donors (Lipinski definition) is 0. The van der Waals surface area contributed by atoms with Gasteiger partial charge in [0, 0.05) is 32.0 Å². The third-order valence-electron chi connectivity index (χ3n) is 4.32. The number of rotatable bonds is 2. The van der Waals surface area contributed by atoms with Crippen molar-refractivity contribution < 1.29 is 0 Å². The summed E-state index contributed by atoms with van der Waals surface area (Å²) in [4.78, 5) is 14.8. The molecule has 0 radical (unpaired) electrons. The van der Waals surface area contributed by atoms with Gasteiger partial charge in [0.2, 0.25) is 0 Å². The van der Waals surface area contributed by atoms with Crippen LogP contribution in [0.2, 0.25) is 0 Å². The summed E-state index contributed by atoms with van der Waals surface area (Å²) >= 11 is 0. The van der Waals surface area contributed by atoms with E-state index in [1.165, 1.54) is 11.3 Å². The molecule has 0 unspecified atom stereocenters. The van der Waals surface area contributed by atoms with E-state index < -0.39 is 0 Å². The molecule has 3 rings (SSSR count). The zero-order chi connectivity index (χ0) is 15.1. The molecule has 1 aromatic heterocycles. The van der Waals surface area contributed by atoms with Gasteiger partial charge in [-0.1, -0.05) is 6.08 Å². The zero-order valence-electron chi connectivity index (χ0n) is 13.1. The molecule has 1 aromatic carbocycles. The van der Waals surface area contributed by atoms with E-state index in [4.69, 9.17) is 0 Å². The molecule has 21 heavy (non-hydrogen) atoms. The highest BCUT2D eigenvalue weighted by molar-refractivity contribution is 5.61. The Balaban J connectivity index is 2.18. The molecule has 1 aliphatic rings. The number of aromatic nitrogens is 2. The van der Waals surface area contributed by atoms with Crippen molar-refractivity contribution in [3.8, 4) is 5.69 Å². The molecule has 4 nitrogen and oxygen atoms in total. The lowest BCUT2D eigenvalue weighted by Crippen LogP contribution is -2.21. The quantitative estimate of drug-likeness (QED) is 0.847. The van der Waals surface area contributed by atoms with E-state index in [-0.39, 0.29) is 5.69 Å². The first-order valence-corrected chi connectivity index (χ1v) is 7.30. The second kappa shape index (κ2) is 4.95. The van der Waals surface area contributed by atoms with Gasteiger partial charge in [0.1, 0.15) is 0 Å². The molecular weight excluding hydrogens is 262 g/mol. The Hall–Kier alpha value is -2.23. The minimum Gasteiger partial charge on any atom is -0.374 e. The van der Waals surface area contributed by atoms with Gasteiger partial charge in [-0.05, 0) is 50.1 Å². The fourth-order valence-electron chi connectivity index (χ4n) is 3.14. The van der Waals surface area contributed by atoms with Gasteiger partial charge >= 0.3 is 5.69 Å². The number of allylic oxidation sites excluding steroid dienone is 1. The Bertz CT molecular complexity index is 780. The molecular formula is C17H21N3O. The number of likely N-dealkylation sites (N-methyl/N-ethyl adjacent to an activating group) is 1. The van der Waals surface area contributed by atoms with Gasteiger partial charge in [-0.15, -0.1) is 0 Å². The van der Waals surface area contributed by atoms with Crippen LogP contribution in [0.5, 0.6) is 0 Å². The molecule has 4 heteroatoms. The molecule has 1 aliphatic heterocycles. The summed E-state index contributed by atoms with van der Waals surface area (Å²) in [6.07, 6.45) is 4.99. The van der Waals surface area contributed by atoms with Crippen molar-refractivity contribution in [1.82, 2.24) is 9.13 Å². The van der Waals surface area contributed by atoms with E-state index in [0.29, 0.717) is 0 Å². The fourth-order valence-corrected chi connectivity index (χ4v) is 3.14. The van der Waals surface area contributed by atoms with Crippen molar-refractivity contribution in [2.45, 2.75) is 20.3 Å². The first-order chi connectivity index (χ1) is 10.0. The maximum absolute atomic E-state index is 12.5. The van der Waals surface area contributed by atoms with Crippen molar-refractivity contribution in [1.29, 1.82) is 0 Å². The van der Waals surface area contributed by atoms with E-state index >= 15 is 0 Å². The van der Waals surface area contributed by atoms with E-state index in [2.05, 4.69) is 24.1 Å². The number of nitrogens with zero attached hydrogens (tertiary/aromatic N) is 3. The van der Waals surface area contributed by atoms with Gasteiger partial charge in [0.05, 0.1) is 11.4 Å². The monoisotopic (exact) mass is 283 g/mol. The van der Waals surface area contributed by atoms with Crippen molar-refractivity contribution in [2.75, 3.05) is 18.5 Å². The van der Waals surface area contributed by atoms with Crippen LogP contribution in [-0.2, 0) is 13.5 Å². The van der Waals surface area contributed by atoms with Crippen LogP contribution in [0.1, 0.15) is 23.9 Å². The van der Waals surface area contributed by atoms with E-state index in [1.807, 2.05) is 39.1 Å². The minimum atomic E-state index is 0.00639. The largest absolute Gasteiger partial charge is 0.374 e. The highest BCUT2D eigenvalue weighted by atomic mass is 16.1. The first kappa shape index (κ1) is 13.7. The van der Waals surface area contributed by atoms with E-state index in [9.17, 15) is 4.79 Å². The van der Waals surface area contributed by atoms with Crippen LogP contribution in [0.3, 0.4) is 0 Å². The summed E-state index contributed by atoms with van der Waals surface area (Å²) in [6, 6.07) is 6.30. The molecule has 0 saturated carbocycles. The lowest BCUT2D eigenvalue weighted by molar-refractivity contribution is 0.816.